The molecule has 1 atom stereocenters. The number of thiol groups is 1. The van der Waals surface area contributed by atoms with E-state index in [9.17, 15) is 9.59 Å². The monoisotopic (exact) mass is 174 g/mol. The fourth-order valence-corrected chi connectivity index (χ4v) is 1.30. The Morgan fingerprint density at radius 3 is 2.64 bits per heavy atom. The molecular weight excluding hydrogens is 164 g/mol. The van der Waals surface area contributed by atoms with Gasteiger partial charge >= 0.3 is 11.8 Å². The molecule has 1 unspecified atom stereocenters. The van der Waals surface area contributed by atoms with Gasteiger partial charge in [0.05, 0.1) is 0 Å². The van der Waals surface area contributed by atoms with Crippen LogP contribution in [-0.4, -0.2) is 28.8 Å². The van der Waals surface area contributed by atoms with Gasteiger partial charge < -0.3 is 10.2 Å². The third-order valence-electron chi connectivity index (χ3n) is 1.48. The molecule has 0 aromatic carbocycles. The lowest BCUT2D eigenvalue weighted by molar-refractivity contribution is -0.140. The SMILES string of the molecule is CCCN1C(=O)C(=O)NC1S. The lowest BCUT2D eigenvalue weighted by Crippen LogP contribution is -2.33. The maximum atomic E-state index is 11.0. The Hall–Kier alpha value is -0.710. The van der Waals surface area contributed by atoms with Gasteiger partial charge in [0, 0.05) is 6.54 Å². The van der Waals surface area contributed by atoms with E-state index in [0.717, 1.165) is 6.42 Å². The predicted molar refractivity (Wildman–Crippen MR) is 42.9 cm³/mol. The van der Waals surface area contributed by atoms with Crippen LogP contribution in [0.1, 0.15) is 13.3 Å². The molecule has 0 spiro atoms. The van der Waals surface area contributed by atoms with Crippen LogP contribution in [0.2, 0.25) is 0 Å². The number of hydrogen-bond acceptors (Lipinski definition) is 3. The number of carbonyl (C=O) groups excluding carboxylic acids is 2. The van der Waals surface area contributed by atoms with Gasteiger partial charge in [0.2, 0.25) is 0 Å². The van der Waals surface area contributed by atoms with Gasteiger partial charge in [-0.25, -0.2) is 0 Å². The Bertz CT molecular complexity index is 195. The van der Waals surface area contributed by atoms with Crippen molar-refractivity contribution in [2.75, 3.05) is 6.54 Å². The minimum absolute atomic E-state index is 0.435. The maximum absolute atomic E-state index is 11.0. The Labute approximate surface area is 70.3 Å². The molecule has 1 heterocycles. The third kappa shape index (κ3) is 1.48. The van der Waals surface area contributed by atoms with Gasteiger partial charge in [-0.15, -0.1) is 12.6 Å². The van der Waals surface area contributed by atoms with Gasteiger partial charge in [0.1, 0.15) is 0 Å². The minimum atomic E-state index is -0.557. The number of nitrogens with zero attached hydrogens (tertiary/aromatic N) is 1. The first-order chi connectivity index (χ1) is 5.16. The molecule has 62 valence electrons. The van der Waals surface area contributed by atoms with Gasteiger partial charge in [-0.05, 0) is 6.42 Å². The summed E-state index contributed by atoms with van der Waals surface area (Å²) in [6.45, 7) is 2.52. The molecule has 5 heteroatoms. The second-order valence-corrected chi connectivity index (χ2v) is 2.83. The summed E-state index contributed by atoms with van der Waals surface area (Å²) in [6, 6.07) is 0. The van der Waals surface area contributed by atoms with Crippen LogP contribution in [0.15, 0.2) is 0 Å². The topological polar surface area (TPSA) is 49.4 Å². The summed E-state index contributed by atoms with van der Waals surface area (Å²) < 4.78 is 0. The molecule has 1 N–H and O–H groups in total. The van der Waals surface area contributed by atoms with E-state index in [4.69, 9.17) is 0 Å². The number of rotatable bonds is 2. The third-order valence-corrected chi connectivity index (χ3v) is 1.88. The Balaban J connectivity index is 2.64. The smallest absolute Gasteiger partial charge is 0.314 e. The summed E-state index contributed by atoms with van der Waals surface area (Å²) in [4.78, 5) is 23.1. The van der Waals surface area contributed by atoms with E-state index < -0.39 is 17.3 Å². The predicted octanol–water partition coefficient (Wildman–Crippen LogP) is -0.432. The lowest BCUT2D eigenvalue weighted by atomic mass is 10.4. The van der Waals surface area contributed by atoms with E-state index in [1.165, 1.54) is 4.90 Å². The second-order valence-electron chi connectivity index (χ2n) is 2.35. The maximum Gasteiger partial charge on any atom is 0.314 e. The van der Waals surface area contributed by atoms with Gasteiger partial charge in [-0.1, -0.05) is 6.92 Å². The van der Waals surface area contributed by atoms with Crippen LogP contribution in [0.25, 0.3) is 0 Å². The van der Waals surface area contributed by atoms with Crippen molar-refractivity contribution in [2.24, 2.45) is 0 Å². The molecule has 0 aromatic rings. The highest BCUT2D eigenvalue weighted by atomic mass is 32.1. The molecule has 2 amide bonds. The molecule has 11 heavy (non-hydrogen) atoms. The number of amides is 2. The van der Waals surface area contributed by atoms with Crippen molar-refractivity contribution in [1.82, 2.24) is 10.2 Å². The molecule has 1 rings (SSSR count). The van der Waals surface area contributed by atoms with Gasteiger partial charge in [0.25, 0.3) is 0 Å². The van der Waals surface area contributed by atoms with Crippen LogP contribution in [0.3, 0.4) is 0 Å². The molecule has 0 bridgehead atoms. The van der Waals surface area contributed by atoms with Crippen molar-refractivity contribution < 1.29 is 9.59 Å². The lowest BCUT2D eigenvalue weighted by Gasteiger charge is -2.17. The van der Waals surface area contributed by atoms with Crippen molar-refractivity contribution >= 4 is 24.4 Å². The van der Waals surface area contributed by atoms with E-state index in [-0.39, 0.29) is 0 Å². The number of hydrogen-bond donors (Lipinski definition) is 2. The highest BCUT2D eigenvalue weighted by Crippen LogP contribution is 2.09. The zero-order valence-corrected chi connectivity index (χ0v) is 7.10. The van der Waals surface area contributed by atoms with E-state index in [1.807, 2.05) is 6.92 Å². The van der Waals surface area contributed by atoms with Crippen molar-refractivity contribution in [1.29, 1.82) is 0 Å². The van der Waals surface area contributed by atoms with Crippen molar-refractivity contribution in [2.45, 2.75) is 18.8 Å². The first-order valence-corrected chi connectivity index (χ1v) is 3.98. The molecule has 1 aliphatic heterocycles. The normalized spacial score (nSPS) is 24.2. The molecule has 0 aromatic heterocycles. The zero-order valence-electron chi connectivity index (χ0n) is 6.20. The Kier molecular flexibility index (Phi) is 2.38. The molecule has 1 aliphatic rings. The number of carbonyl (C=O) groups is 2. The van der Waals surface area contributed by atoms with Gasteiger partial charge in [-0.2, -0.15) is 0 Å². The Morgan fingerprint density at radius 1 is 1.64 bits per heavy atom. The highest BCUT2D eigenvalue weighted by molar-refractivity contribution is 7.80. The Morgan fingerprint density at radius 2 is 2.27 bits per heavy atom. The summed E-state index contributed by atoms with van der Waals surface area (Å²) in [5, 5.41) is 2.40. The summed E-state index contributed by atoms with van der Waals surface area (Å²) in [5.74, 6) is -1.04. The van der Waals surface area contributed by atoms with E-state index in [0.29, 0.717) is 6.54 Å². The van der Waals surface area contributed by atoms with Crippen LogP contribution in [0.4, 0.5) is 0 Å². The van der Waals surface area contributed by atoms with Crippen LogP contribution in [0.5, 0.6) is 0 Å². The van der Waals surface area contributed by atoms with Crippen LogP contribution >= 0.6 is 12.6 Å². The van der Waals surface area contributed by atoms with E-state index >= 15 is 0 Å². The second kappa shape index (κ2) is 3.13. The zero-order chi connectivity index (χ0) is 8.43. The van der Waals surface area contributed by atoms with Crippen LogP contribution in [-0.2, 0) is 9.59 Å². The fourth-order valence-electron chi connectivity index (χ4n) is 0.963. The summed E-state index contributed by atoms with van der Waals surface area (Å²) in [7, 11) is 0. The van der Waals surface area contributed by atoms with Crippen molar-refractivity contribution in [3.63, 3.8) is 0 Å². The van der Waals surface area contributed by atoms with Crippen LogP contribution in [0, 0.1) is 0 Å². The van der Waals surface area contributed by atoms with Crippen molar-refractivity contribution in [3.05, 3.63) is 0 Å². The van der Waals surface area contributed by atoms with E-state index in [1.54, 1.807) is 0 Å². The average Bonchev–Trinajstić information content (AvgIpc) is 2.17. The van der Waals surface area contributed by atoms with Crippen LogP contribution < -0.4 is 5.32 Å². The largest absolute Gasteiger partial charge is 0.319 e. The summed E-state index contributed by atoms with van der Waals surface area (Å²) in [6.07, 6.45) is 0.831. The molecule has 0 radical (unpaired) electrons. The summed E-state index contributed by atoms with van der Waals surface area (Å²) in [5.41, 5.74) is -0.435. The minimum Gasteiger partial charge on any atom is -0.319 e. The number of nitrogens with one attached hydrogen (secondary N) is 1. The highest BCUT2D eigenvalue weighted by Gasteiger charge is 2.34. The molecule has 0 aliphatic carbocycles. The first kappa shape index (κ1) is 8.39. The molecule has 0 saturated carbocycles. The van der Waals surface area contributed by atoms with Gasteiger partial charge in [0.15, 0.2) is 5.50 Å². The molecular formula is C6H10N2O2S. The fraction of sp³-hybridized carbons (Fsp3) is 0.667. The quantitative estimate of drug-likeness (QED) is 0.441. The average molecular weight is 174 g/mol. The molecule has 1 fully saturated rings. The standard InChI is InChI=1S/C6H10N2O2S/c1-2-3-8-5(10)4(9)7-6(8)11/h6,11H,2-3H2,1H3,(H,7,9). The van der Waals surface area contributed by atoms with E-state index in [2.05, 4.69) is 17.9 Å². The van der Waals surface area contributed by atoms with Gasteiger partial charge in [-0.3, -0.25) is 9.59 Å². The van der Waals surface area contributed by atoms with Crippen molar-refractivity contribution in [3.8, 4) is 0 Å². The first-order valence-electron chi connectivity index (χ1n) is 3.46. The molecule has 1 saturated heterocycles. The summed E-state index contributed by atoms with van der Waals surface area (Å²) >= 11 is 4.01. The molecule has 4 nitrogen and oxygen atoms in total.